The van der Waals surface area contributed by atoms with Crippen molar-refractivity contribution in [3.63, 3.8) is 0 Å². The SMILES string of the molecule is CCCC#CCCc1ccccc1O. The van der Waals surface area contributed by atoms with Crippen LogP contribution in [0, 0.1) is 11.8 Å². The second-order valence-electron chi connectivity index (χ2n) is 3.23. The third-order valence-corrected chi connectivity index (χ3v) is 2.01. The maximum atomic E-state index is 9.47. The third kappa shape index (κ3) is 3.53. The Balaban J connectivity index is 2.40. The van der Waals surface area contributed by atoms with Crippen molar-refractivity contribution in [1.82, 2.24) is 0 Å². The van der Waals surface area contributed by atoms with Crippen molar-refractivity contribution in [1.29, 1.82) is 0 Å². The molecule has 0 aliphatic carbocycles. The molecule has 0 amide bonds. The standard InChI is InChI=1S/C13H16O/c1-2-3-4-5-6-9-12-10-7-8-11-13(12)14/h7-8,10-11,14H,2-3,6,9H2,1H3. The van der Waals surface area contributed by atoms with E-state index in [-0.39, 0.29) is 0 Å². The Bertz CT molecular complexity index is 331. The van der Waals surface area contributed by atoms with Crippen molar-refractivity contribution in [2.45, 2.75) is 32.6 Å². The van der Waals surface area contributed by atoms with Crippen molar-refractivity contribution in [3.8, 4) is 17.6 Å². The predicted octanol–water partition coefficient (Wildman–Crippen LogP) is 3.13. The number of rotatable bonds is 3. The average Bonchev–Trinajstić information content (AvgIpc) is 2.20. The van der Waals surface area contributed by atoms with Gasteiger partial charge in [0.2, 0.25) is 0 Å². The molecule has 0 bridgehead atoms. The van der Waals surface area contributed by atoms with E-state index >= 15 is 0 Å². The highest BCUT2D eigenvalue weighted by Gasteiger charge is 1.96. The van der Waals surface area contributed by atoms with Crippen LogP contribution in [-0.4, -0.2) is 5.11 Å². The Hall–Kier alpha value is -1.42. The number of aryl methyl sites for hydroxylation is 1. The monoisotopic (exact) mass is 188 g/mol. The minimum absolute atomic E-state index is 0.379. The zero-order chi connectivity index (χ0) is 10.2. The van der Waals surface area contributed by atoms with Gasteiger partial charge in [0, 0.05) is 12.8 Å². The van der Waals surface area contributed by atoms with E-state index in [0.717, 1.165) is 31.2 Å². The zero-order valence-corrected chi connectivity index (χ0v) is 8.59. The predicted molar refractivity (Wildman–Crippen MR) is 59.1 cm³/mol. The fourth-order valence-corrected chi connectivity index (χ4v) is 1.22. The van der Waals surface area contributed by atoms with Crippen LogP contribution in [0.3, 0.4) is 0 Å². The number of para-hydroxylation sites is 1. The van der Waals surface area contributed by atoms with Crippen LogP contribution in [0.15, 0.2) is 24.3 Å². The fraction of sp³-hybridized carbons (Fsp3) is 0.385. The molecular formula is C13H16O. The lowest BCUT2D eigenvalue weighted by Crippen LogP contribution is -1.83. The molecule has 0 saturated heterocycles. The lowest BCUT2D eigenvalue weighted by Gasteiger charge is -1.99. The van der Waals surface area contributed by atoms with Crippen molar-refractivity contribution in [3.05, 3.63) is 29.8 Å². The van der Waals surface area contributed by atoms with E-state index in [1.54, 1.807) is 6.07 Å². The van der Waals surface area contributed by atoms with Crippen LogP contribution in [0.25, 0.3) is 0 Å². The van der Waals surface area contributed by atoms with Crippen molar-refractivity contribution >= 4 is 0 Å². The highest BCUT2D eigenvalue weighted by molar-refractivity contribution is 5.32. The molecule has 14 heavy (non-hydrogen) atoms. The molecule has 1 rings (SSSR count). The number of benzene rings is 1. The van der Waals surface area contributed by atoms with Gasteiger partial charge in [-0.3, -0.25) is 0 Å². The lowest BCUT2D eigenvalue weighted by molar-refractivity contribution is 0.468. The van der Waals surface area contributed by atoms with Crippen molar-refractivity contribution in [2.24, 2.45) is 0 Å². The Morgan fingerprint density at radius 2 is 1.86 bits per heavy atom. The summed E-state index contributed by atoms with van der Waals surface area (Å²) in [5.41, 5.74) is 0.985. The summed E-state index contributed by atoms with van der Waals surface area (Å²) < 4.78 is 0. The summed E-state index contributed by atoms with van der Waals surface area (Å²) in [5.74, 6) is 6.57. The first-order valence-corrected chi connectivity index (χ1v) is 5.07. The van der Waals surface area contributed by atoms with Gasteiger partial charge in [0.15, 0.2) is 0 Å². The summed E-state index contributed by atoms with van der Waals surface area (Å²) in [7, 11) is 0. The maximum absolute atomic E-state index is 9.47. The van der Waals surface area contributed by atoms with Gasteiger partial charge in [-0.25, -0.2) is 0 Å². The fourth-order valence-electron chi connectivity index (χ4n) is 1.22. The van der Waals surface area contributed by atoms with E-state index in [0.29, 0.717) is 5.75 Å². The summed E-state index contributed by atoms with van der Waals surface area (Å²) in [6.45, 7) is 2.12. The third-order valence-electron chi connectivity index (χ3n) is 2.01. The molecule has 0 aliphatic rings. The van der Waals surface area contributed by atoms with Crippen LogP contribution in [0.2, 0.25) is 0 Å². The van der Waals surface area contributed by atoms with Crippen LogP contribution >= 0.6 is 0 Å². The molecule has 1 heteroatoms. The molecule has 1 N–H and O–H groups in total. The van der Waals surface area contributed by atoms with Gasteiger partial charge in [0.25, 0.3) is 0 Å². The summed E-state index contributed by atoms with van der Waals surface area (Å²) in [4.78, 5) is 0. The van der Waals surface area contributed by atoms with E-state index in [9.17, 15) is 5.11 Å². The molecule has 0 unspecified atom stereocenters. The van der Waals surface area contributed by atoms with E-state index in [4.69, 9.17) is 0 Å². The van der Waals surface area contributed by atoms with E-state index < -0.39 is 0 Å². The molecule has 0 heterocycles. The highest BCUT2D eigenvalue weighted by Crippen LogP contribution is 2.16. The summed E-state index contributed by atoms with van der Waals surface area (Å²) >= 11 is 0. The smallest absolute Gasteiger partial charge is 0.118 e. The van der Waals surface area contributed by atoms with Crippen LogP contribution in [0.5, 0.6) is 5.75 Å². The molecule has 0 aromatic heterocycles. The number of phenols is 1. The highest BCUT2D eigenvalue weighted by atomic mass is 16.3. The van der Waals surface area contributed by atoms with Gasteiger partial charge < -0.3 is 5.11 Å². The lowest BCUT2D eigenvalue weighted by atomic mass is 10.1. The molecule has 1 nitrogen and oxygen atoms in total. The van der Waals surface area contributed by atoms with Crippen LogP contribution in [0.1, 0.15) is 31.7 Å². The van der Waals surface area contributed by atoms with Gasteiger partial charge in [0.05, 0.1) is 0 Å². The normalized spacial score (nSPS) is 9.21. The first-order chi connectivity index (χ1) is 6.84. The van der Waals surface area contributed by atoms with Crippen molar-refractivity contribution in [2.75, 3.05) is 0 Å². The van der Waals surface area contributed by atoms with Gasteiger partial charge in [-0.05, 0) is 24.5 Å². The van der Waals surface area contributed by atoms with Gasteiger partial charge >= 0.3 is 0 Å². The molecule has 1 aromatic rings. The van der Waals surface area contributed by atoms with Crippen LogP contribution < -0.4 is 0 Å². The molecule has 1 aromatic carbocycles. The summed E-state index contributed by atoms with van der Waals surface area (Å²) in [5, 5.41) is 9.47. The molecule has 74 valence electrons. The van der Waals surface area contributed by atoms with E-state index in [1.807, 2.05) is 18.2 Å². The van der Waals surface area contributed by atoms with E-state index in [2.05, 4.69) is 18.8 Å². The molecule has 0 fully saturated rings. The Morgan fingerprint density at radius 1 is 1.14 bits per heavy atom. The van der Waals surface area contributed by atoms with Gasteiger partial charge in [-0.1, -0.05) is 25.1 Å². The molecule has 0 saturated carbocycles. The maximum Gasteiger partial charge on any atom is 0.118 e. The van der Waals surface area contributed by atoms with E-state index in [1.165, 1.54) is 0 Å². The molecular weight excluding hydrogens is 172 g/mol. The minimum atomic E-state index is 0.379. The van der Waals surface area contributed by atoms with Gasteiger partial charge in [-0.15, -0.1) is 11.8 Å². The molecule has 0 aliphatic heterocycles. The minimum Gasteiger partial charge on any atom is -0.508 e. The number of unbranched alkanes of at least 4 members (excludes halogenated alkanes) is 1. The number of hydrogen-bond acceptors (Lipinski definition) is 1. The van der Waals surface area contributed by atoms with Crippen LogP contribution in [0.4, 0.5) is 0 Å². The molecule has 0 radical (unpaired) electrons. The van der Waals surface area contributed by atoms with Crippen LogP contribution in [-0.2, 0) is 6.42 Å². The first-order valence-electron chi connectivity index (χ1n) is 5.07. The average molecular weight is 188 g/mol. The number of hydrogen-bond donors (Lipinski definition) is 1. The number of aromatic hydroxyl groups is 1. The zero-order valence-electron chi connectivity index (χ0n) is 8.59. The second-order valence-corrected chi connectivity index (χ2v) is 3.23. The Labute approximate surface area is 85.8 Å². The Kier molecular flexibility index (Phi) is 4.64. The number of phenolic OH excluding ortho intramolecular Hbond substituents is 1. The quantitative estimate of drug-likeness (QED) is 0.722. The molecule has 0 atom stereocenters. The first kappa shape index (κ1) is 10.7. The van der Waals surface area contributed by atoms with Gasteiger partial charge in [-0.2, -0.15) is 0 Å². The topological polar surface area (TPSA) is 20.2 Å². The second kappa shape index (κ2) is 6.10. The largest absolute Gasteiger partial charge is 0.508 e. The Morgan fingerprint density at radius 3 is 2.57 bits per heavy atom. The van der Waals surface area contributed by atoms with Gasteiger partial charge in [0.1, 0.15) is 5.75 Å². The molecule has 0 spiro atoms. The summed E-state index contributed by atoms with van der Waals surface area (Å²) in [6.07, 6.45) is 3.76. The summed E-state index contributed by atoms with van der Waals surface area (Å²) in [6, 6.07) is 7.43. The van der Waals surface area contributed by atoms with Crippen molar-refractivity contribution < 1.29 is 5.11 Å².